The fourth-order valence-electron chi connectivity index (χ4n) is 1.72. The predicted molar refractivity (Wildman–Crippen MR) is 77.4 cm³/mol. The fraction of sp³-hybridized carbons (Fsp3) is 0.500. The van der Waals surface area contributed by atoms with E-state index in [2.05, 4.69) is 10.0 Å². The highest BCUT2D eigenvalue weighted by molar-refractivity contribution is 7.89. The van der Waals surface area contributed by atoms with Crippen LogP contribution < -0.4 is 10.0 Å². The lowest BCUT2D eigenvalue weighted by Crippen LogP contribution is -2.25. The average molecular weight is 301 g/mol. The van der Waals surface area contributed by atoms with E-state index >= 15 is 0 Å². The molecule has 2 N–H and O–H groups in total. The molecule has 0 fully saturated rings. The highest BCUT2D eigenvalue weighted by Gasteiger charge is 2.20. The molecule has 0 radical (unpaired) electrons. The zero-order valence-corrected chi connectivity index (χ0v) is 12.4. The van der Waals surface area contributed by atoms with E-state index in [-0.39, 0.29) is 16.3 Å². The summed E-state index contributed by atoms with van der Waals surface area (Å²) < 4.78 is 26.8. The summed E-state index contributed by atoms with van der Waals surface area (Å²) in [4.78, 5) is 10.1. The van der Waals surface area contributed by atoms with Crippen LogP contribution in [0.3, 0.4) is 0 Å². The largest absolute Gasteiger partial charge is 0.387 e. The molecule has 0 aliphatic rings. The van der Waals surface area contributed by atoms with Crippen molar-refractivity contribution in [3.8, 4) is 0 Å². The summed E-state index contributed by atoms with van der Waals surface area (Å²) in [6.45, 7) is 2.39. The second-order valence-corrected chi connectivity index (χ2v) is 6.03. The highest BCUT2D eigenvalue weighted by atomic mass is 32.2. The summed E-state index contributed by atoms with van der Waals surface area (Å²) in [5.74, 6) is 0. The van der Waals surface area contributed by atoms with Gasteiger partial charge in [0, 0.05) is 25.7 Å². The second-order valence-electron chi connectivity index (χ2n) is 4.29. The third-order valence-electron chi connectivity index (χ3n) is 2.81. The summed E-state index contributed by atoms with van der Waals surface area (Å²) in [6, 6.07) is 3.63. The highest BCUT2D eigenvalue weighted by Crippen LogP contribution is 2.25. The van der Waals surface area contributed by atoms with Crippen molar-refractivity contribution in [3.05, 3.63) is 28.3 Å². The molecule has 0 amide bonds. The zero-order chi connectivity index (χ0) is 15.2. The summed E-state index contributed by atoms with van der Waals surface area (Å²) >= 11 is 0. The van der Waals surface area contributed by atoms with Crippen LogP contribution in [-0.2, 0) is 10.0 Å². The molecule has 1 rings (SSSR count). The van der Waals surface area contributed by atoms with Crippen LogP contribution in [0.25, 0.3) is 0 Å². The van der Waals surface area contributed by atoms with Gasteiger partial charge in [-0.25, -0.2) is 13.1 Å². The molecular formula is C12H19N3O4S. The van der Waals surface area contributed by atoms with Crippen LogP contribution in [0.5, 0.6) is 0 Å². The quantitative estimate of drug-likeness (QED) is 0.435. The van der Waals surface area contributed by atoms with E-state index in [4.69, 9.17) is 0 Å². The topological polar surface area (TPSA) is 101 Å². The van der Waals surface area contributed by atoms with Gasteiger partial charge in [-0.1, -0.05) is 19.8 Å². The van der Waals surface area contributed by atoms with Crippen molar-refractivity contribution in [1.82, 2.24) is 4.72 Å². The number of rotatable bonds is 8. The molecule has 0 atom stereocenters. The summed E-state index contributed by atoms with van der Waals surface area (Å²) in [6.07, 6.45) is 2.71. The molecule has 0 aromatic heterocycles. The van der Waals surface area contributed by atoms with Gasteiger partial charge in [0.1, 0.15) is 4.90 Å². The van der Waals surface area contributed by atoms with E-state index < -0.39 is 14.9 Å². The number of nitrogens with one attached hydrogen (secondary N) is 2. The zero-order valence-electron chi connectivity index (χ0n) is 11.5. The lowest BCUT2D eigenvalue weighted by molar-refractivity contribution is -0.384. The van der Waals surface area contributed by atoms with Crippen molar-refractivity contribution in [2.45, 2.75) is 31.1 Å². The van der Waals surface area contributed by atoms with Gasteiger partial charge in [-0.15, -0.1) is 0 Å². The van der Waals surface area contributed by atoms with Crippen molar-refractivity contribution in [2.75, 3.05) is 18.9 Å². The van der Waals surface area contributed by atoms with Crippen LogP contribution in [-0.4, -0.2) is 26.9 Å². The van der Waals surface area contributed by atoms with Crippen LogP contribution >= 0.6 is 0 Å². The Bertz CT molecular complexity index is 572. The maximum absolute atomic E-state index is 12.1. The fourth-order valence-corrected chi connectivity index (χ4v) is 2.99. The van der Waals surface area contributed by atoms with Crippen molar-refractivity contribution in [1.29, 1.82) is 0 Å². The Hall–Kier alpha value is -1.67. The van der Waals surface area contributed by atoms with E-state index in [0.717, 1.165) is 19.3 Å². The number of sulfonamides is 1. The van der Waals surface area contributed by atoms with Crippen LogP contribution in [0.4, 0.5) is 11.4 Å². The SMILES string of the molecule is CCCCCNS(=O)(=O)c1ccc([N+](=O)[O-])cc1NC. The van der Waals surface area contributed by atoms with Crippen LogP contribution in [0.15, 0.2) is 23.1 Å². The number of nitrogens with zero attached hydrogens (tertiary/aromatic N) is 1. The van der Waals surface area contributed by atoms with Crippen LogP contribution in [0, 0.1) is 10.1 Å². The Morgan fingerprint density at radius 3 is 2.55 bits per heavy atom. The van der Waals surface area contributed by atoms with E-state index in [1.807, 2.05) is 6.92 Å². The first kappa shape index (κ1) is 16.4. The normalized spacial score (nSPS) is 11.3. The molecule has 1 aromatic carbocycles. The third kappa shape index (κ3) is 4.17. The van der Waals surface area contributed by atoms with Crippen LogP contribution in [0.1, 0.15) is 26.2 Å². The van der Waals surface area contributed by atoms with E-state index in [1.54, 1.807) is 0 Å². The maximum Gasteiger partial charge on any atom is 0.271 e. The number of anilines is 1. The maximum atomic E-state index is 12.1. The molecule has 7 nitrogen and oxygen atoms in total. The Balaban J connectivity index is 2.96. The second kappa shape index (κ2) is 7.20. The van der Waals surface area contributed by atoms with E-state index in [0.29, 0.717) is 6.54 Å². The number of nitro benzene ring substituents is 1. The first-order valence-electron chi connectivity index (χ1n) is 6.38. The Morgan fingerprint density at radius 2 is 2.00 bits per heavy atom. The standard InChI is InChI=1S/C12H19N3O4S/c1-3-4-5-8-14-20(18,19)12-7-6-10(15(16)17)9-11(12)13-2/h6-7,9,13-14H,3-5,8H2,1-2H3. The van der Waals surface area contributed by atoms with Crippen molar-refractivity contribution in [3.63, 3.8) is 0 Å². The van der Waals surface area contributed by atoms with Gasteiger partial charge < -0.3 is 5.32 Å². The van der Waals surface area contributed by atoms with Gasteiger partial charge >= 0.3 is 0 Å². The summed E-state index contributed by atoms with van der Waals surface area (Å²) in [5, 5.41) is 13.4. The third-order valence-corrected chi connectivity index (χ3v) is 4.32. The monoisotopic (exact) mass is 301 g/mol. The Morgan fingerprint density at radius 1 is 1.30 bits per heavy atom. The number of benzene rings is 1. The average Bonchev–Trinajstić information content (AvgIpc) is 2.42. The minimum Gasteiger partial charge on any atom is -0.387 e. The Labute approximate surface area is 118 Å². The molecule has 0 heterocycles. The predicted octanol–water partition coefficient (Wildman–Crippen LogP) is 2.10. The lowest BCUT2D eigenvalue weighted by Gasteiger charge is -2.11. The number of hydrogen-bond donors (Lipinski definition) is 2. The van der Waals surface area contributed by atoms with Crippen LogP contribution in [0.2, 0.25) is 0 Å². The first-order valence-corrected chi connectivity index (χ1v) is 7.86. The summed E-state index contributed by atoms with van der Waals surface area (Å²) in [7, 11) is -2.14. The summed E-state index contributed by atoms with van der Waals surface area (Å²) in [5.41, 5.74) is 0.0569. The van der Waals surface area contributed by atoms with Gasteiger partial charge in [0.15, 0.2) is 0 Å². The smallest absolute Gasteiger partial charge is 0.271 e. The van der Waals surface area contributed by atoms with Gasteiger partial charge in [-0.3, -0.25) is 10.1 Å². The Kier molecular flexibility index (Phi) is 5.90. The number of nitro groups is 1. The van der Waals surface area contributed by atoms with Gasteiger partial charge in [0.25, 0.3) is 5.69 Å². The number of non-ortho nitro benzene ring substituents is 1. The minimum atomic E-state index is -3.66. The van der Waals surface area contributed by atoms with Gasteiger partial charge in [0.05, 0.1) is 10.6 Å². The molecule has 8 heteroatoms. The molecule has 0 aliphatic carbocycles. The molecule has 0 saturated heterocycles. The van der Waals surface area contributed by atoms with Crippen molar-refractivity contribution in [2.24, 2.45) is 0 Å². The van der Waals surface area contributed by atoms with Crippen molar-refractivity contribution < 1.29 is 13.3 Å². The van der Waals surface area contributed by atoms with Gasteiger partial charge in [0.2, 0.25) is 10.0 Å². The number of hydrogen-bond acceptors (Lipinski definition) is 5. The molecule has 112 valence electrons. The molecule has 20 heavy (non-hydrogen) atoms. The minimum absolute atomic E-state index is 0.0158. The molecule has 0 bridgehead atoms. The molecule has 0 saturated carbocycles. The molecular weight excluding hydrogens is 282 g/mol. The molecule has 0 unspecified atom stereocenters. The number of unbranched alkanes of at least 4 members (excludes halogenated alkanes) is 2. The van der Waals surface area contributed by atoms with Gasteiger partial charge in [-0.05, 0) is 12.5 Å². The molecule has 1 aromatic rings. The van der Waals surface area contributed by atoms with Gasteiger partial charge in [-0.2, -0.15) is 0 Å². The van der Waals surface area contributed by atoms with Crippen molar-refractivity contribution >= 4 is 21.4 Å². The van der Waals surface area contributed by atoms with E-state index in [1.165, 1.54) is 25.2 Å². The van der Waals surface area contributed by atoms with E-state index in [9.17, 15) is 18.5 Å². The first-order chi connectivity index (χ1) is 9.42. The lowest BCUT2D eigenvalue weighted by atomic mass is 10.3. The molecule has 0 aliphatic heterocycles. The molecule has 0 spiro atoms.